The molecule has 0 saturated heterocycles. The first-order chi connectivity index (χ1) is 51.3. The molecule has 0 fully saturated rings. The molecule has 0 aliphatic carbocycles. The monoisotopic (exact) mass is 1380 g/mol. The molecule has 0 bridgehead atoms. The third-order valence-electron chi connectivity index (χ3n) is 23.4. The van der Waals surface area contributed by atoms with Crippen LogP contribution in [0.5, 0.6) is 0 Å². The molecule has 0 nitrogen and oxygen atoms in total. The van der Waals surface area contributed by atoms with Crippen molar-refractivity contribution in [3.8, 4) is 66.8 Å². The maximum absolute atomic E-state index is 2.48. The average molecular weight is 1380 g/mol. The second kappa shape index (κ2) is 26.0. The predicted octanol–water partition coefficient (Wildman–Crippen LogP) is 30.7. The first kappa shape index (κ1) is 68.7. The fraction of sp³-hybridized carbons (Fsp3) is 0.178. The first-order valence-corrected chi connectivity index (χ1v) is 38.4. The van der Waals surface area contributed by atoms with Gasteiger partial charge in [-0.1, -0.05) is 364 Å². The standard InChI is InChI=1S/C54H44.C53H50/c1-53(2,3)41-24-28-46-47(31-41)50(45-27-23-42(54(4,5)6)32-48(45)51(46)40-20-17-33-11-7-8-12-37(33)29-40)39-16-10-15-38(30-39)43-25-21-36-19-18-34-13-9-14-35-22-26-44(43)52(36)49(34)35;1-51(2,3)43-28-30-46-47(33-43)49(39-18-14-17-38(31-39)36-23-25-42(26-24-36)53(7,8)41-19-10-9-11-20-41)45-29-27-44(52(4,5)6)34-48(45)50(46)40-22-21-35-15-12-13-16-37(35)32-40/h7-32H,1-6H3;9-34H,1-8H3. The van der Waals surface area contributed by atoms with Gasteiger partial charge in [-0.3, -0.25) is 0 Å². The zero-order valence-corrected chi connectivity index (χ0v) is 64.5. The Kier molecular flexibility index (Phi) is 16.7. The van der Waals surface area contributed by atoms with Gasteiger partial charge in [0, 0.05) is 5.41 Å². The van der Waals surface area contributed by atoms with Crippen LogP contribution < -0.4 is 0 Å². The third kappa shape index (κ3) is 12.4. The minimum atomic E-state index is -0.0804. The summed E-state index contributed by atoms with van der Waals surface area (Å²) < 4.78 is 0. The highest BCUT2D eigenvalue weighted by atomic mass is 14.3. The Bertz CT molecular complexity index is 6510. The Hall–Kier alpha value is -11.4. The van der Waals surface area contributed by atoms with Crippen LogP contribution in [-0.2, 0) is 27.1 Å². The number of rotatable bonds is 8. The number of hydrogen-bond acceptors (Lipinski definition) is 0. The zero-order valence-electron chi connectivity index (χ0n) is 64.5. The Morgan fingerprint density at radius 3 is 0.897 bits per heavy atom. The van der Waals surface area contributed by atoms with Crippen LogP contribution >= 0.6 is 0 Å². The second-order valence-electron chi connectivity index (χ2n) is 34.9. The van der Waals surface area contributed by atoms with Gasteiger partial charge in [0.2, 0.25) is 0 Å². The number of benzene rings is 18. The summed E-state index contributed by atoms with van der Waals surface area (Å²) in [6.07, 6.45) is 0. The average Bonchev–Trinajstić information content (AvgIpc) is 0.714. The fourth-order valence-corrected chi connectivity index (χ4v) is 17.0. The molecule has 0 heterocycles. The van der Waals surface area contributed by atoms with E-state index in [0.29, 0.717) is 0 Å². The molecule has 522 valence electrons. The van der Waals surface area contributed by atoms with Crippen LogP contribution in [0.15, 0.2) is 315 Å². The normalized spacial score (nSPS) is 12.6. The Morgan fingerprint density at radius 1 is 0.159 bits per heavy atom. The zero-order chi connectivity index (χ0) is 74.1. The molecule has 0 radical (unpaired) electrons. The van der Waals surface area contributed by atoms with Crippen molar-refractivity contribution in [2.45, 2.75) is 124 Å². The molecule has 0 N–H and O–H groups in total. The SMILES string of the molecule is CC(C)(C)c1ccc2c(-c3ccc4ccccc4c3)c3cc(C(C)(C)C)ccc3c(-c3cccc(-c4ccc(C(C)(C)c5ccccc5)cc4)c3)c2c1.CC(C)(C)c1ccc2c(-c3ccc4ccccc4c3)c3cc(C(C)(C)C)ccc3c(-c3cccc(-c4ccc5ccc6cccc7ccc4c5c67)c3)c2c1. The van der Waals surface area contributed by atoms with Gasteiger partial charge in [-0.15, -0.1) is 0 Å². The topological polar surface area (TPSA) is 0 Å². The van der Waals surface area contributed by atoms with Gasteiger partial charge in [-0.05, 0) is 267 Å². The van der Waals surface area contributed by atoms with Crippen LogP contribution in [0.1, 0.15) is 130 Å². The number of fused-ring (bicyclic) bond motifs is 6. The summed E-state index contributed by atoms with van der Waals surface area (Å²) in [7, 11) is 0. The summed E-state index contributed by atoms with van der Waals surface area (Å²) in [4.78, 5) is 0. The first-order valence-electron chi connectivity index (χ1n) is 38.4. The van der Waals surface area contributed by atoms with Gasteiger partial charge in [0.1, 0.15) is 0 Å². The van der Waals surface area contributed by atoms with Crippen molar-refractivity contribution in [3.63, 3.8) is 0 Å². The van der Waals surface area contributed by atoms with Crippen molar-refractivity contribution in [1.29, 1.82) is 0 Å². The van der Waals surface area contributed by atoms with E-state index in [9.17, 15) is 0 Å². The van der Waals surface area contributed by atoms with Gasteiger partial charge in [0.05, 0.1) is 0 Å². The molecular weight excluding hydrogens is 1290 g/mol. The lowest BCUT2D eigenvalue weighted by Gasteiger charge is -2.26. The van der Waals surface area contributed by atoms with Crippen LogP contribution in [0.4, 0.5) is 0 Å². The number of hydrogen-bond donors (Lipinski definition) is 0. The molecule has 0 aliphatic rings. The van der Waals surface area contributed by atoms with E-state index in [-0.39, 0.29) is 27.1 Å². The summed E-state index contributed by atoms with van der Waals surface area (Å²) in [6.45, 7) is 32.5. The maximum atomic E-state index is 2.48. The molecule has 107 heavy (non-hydrogen) atoms. The maximum Gasteiger partial charge on any atom is 0.0146 e. The predicted molar refractivity (Wildman–Crippen MR) is 468 cm³/mol. The summed E-state index contributed by atoms with van der Waals surface area (Å²) in [5.74, 6) is 0. The molecule has 0 saturated carbocycles. The molecule has 0 aromatic heterocycles. The Morgan fingerprint density at radius 2 is 0.458 bits per heavy atom. The highest BCUT2D eigenvalue weighted by Crippen LogP contribution is 2.51. The molecule has 0 aliphatic heterocycles. The van der Waals surface area contributed by atoms with Gasteiger partial charge in [-0.25, -0.2) is 0 Å². The van der Waals surface area contributed by atoms with Crippen molar-refractivity contribution >= 4 is 97.0 Å². The summed E-state index contributed by atoms with van der Waals surface area (Å²) in [6, 6.07) is 119. The second-order valence-corrected chi connectivity index (χ2v) is 34.9. The lowest BCUT2D eigenvalue weighted by atomic mass is 9.78. The quantitative estimate of drug-likeness (QED) is 0.105. The Balaban J connectivity index is 0.000000157. The van der Waals surface area contributed by atoms with E-state index >= 15 is 0 Å². The summed E-state index contributed by atoms with van der Waals surface area (Å²) in [5, 5.41) is 23.3. The van der Waals surface area contributed by atoms with Crippen LogP contribution in [0.2, 0.25) is 0 Å². The van der Waals surface area contributed by atoms with E-state index in [1.807, 2.05) is 0 Å². The van der Waals surface area contributed by atoms with Crippen LogP contribution in [0.3, 0.4) is 0 Å². The van der Waals surface area contributed by atoms with Gasteiger partial charge in [0.25, 0.3) is 0 Å². The lowest BCUT2D eigenvalue weighted by molar-refractivity contribution is 0.590. The van der Waals surface area contributed by atoms with Crippen LogP contribution in [-0.4, -0.2) is 0 Å². The van der Waals surface area contributed by atoms with Gasteiger partial charge >= 0.3 is 0 Å². The molecule has 0 amide bonds. The summed E-state index contributed by atoms with van der Waals surface area (Å²) in [5.41, 5.74) is 23.2. The van der Waals surface area contributed by atoms with Crippen molar-refractivity contribution in [1.82, 2.24) is 0 Å². The van der Waals surface area contributed by atoms with Gasteiger partial charge < -0.3 is 0 Å². The lowest BCUT2D eigenvalue weighted by Crippen LogP contribution is -2.18. The van der Waals surface area contributed by atoms with E-state index in [0.717, 1.165) is 0 Å². The Labute approximate surface area is 632 Å². The van der Waals surface area contributed by atoms with E-state index in [2.05, 4.69) is 412 Å². The highest BCUT2D eigenvalue weighted by molar-refractivity contribution is 6.27. The highest BCUT2D eigenvalue weighted by Gasteiger charge is 2.28. The minimum Gasteiger partial charge on any atom is -0.0622 e. The van der Waals surface area contributed by atoms with Crippen LogP contribution in [0.25, 0.3) is 164 Å². The molecule has 0 atom stereocenters. The summed E-state index contributed by atoms with van der Waals surface area (Å²) >= 11 is 0. The van der Waals surface area contributed by atoms with Crippen molar-refractivity contribution in [2.24, 2.45) is 0 Å². The molecular formula is C107H94. The largest absolute Gasteiger partial charge is 0.0622 e. The van der Waals surface area contributed by atoms with E-state index in [1.165, 1.54) is 197 Å². The van der Waals surface area contributed by atoms with Crippen LogP contribution in [0, 0.1) is 0 Å². The molecule has 0 unspecified atom stereocenters. The van der Waals surface area contributed by atoms with Crippen molar-refractivity contribution in [3.05, 3.63) is 349 Å². The van der Waals surface area contributed by atoms with Gasteiger partial charge in [0.15, 0.2) is 0 Å². The molecule has 18 aromatic carbocycles. The van der Waals surface area contributed by atoms with Crippen molar-refractivity contribution in [2.75, 3.05) is 0 Å². The third-order valence-corrected chi connectivity index (χ3v) is 23.4. The van der Waals surface area contributed by atoms with Crippen molar-refractivity contribution < 1.29 is 0 Å². The molecule has 0 spiro atoms. The molecule has 18 rings (SSSR count). The molecule has 18 aromatic rings. The van der Waals surface area contributed by atoms with E-state index < -0.39 is 0 Å². The van der Waals surface area contributed by atoms with Gasteiger partial charge in [-0.2, -0.15) is 0 Å². The molecule has 0 heteroatoms. The smallest absolute Gasteiger partial charge is 0.0146 e. The minimum absolute atomic E-state index is 0.00316. The van der Waals surface area contributed by atoms with E-state index in [1.54, 1.807) is 0 Å². The van der Waals surface area contributed by atoms with E-state index in [4.69, 9.17) is 0 Å². The fourth-order valence-electron chi connectivity index (χ4n) is 17.0.